The number of fused-ring (bicyclic) bond motifs is 1. The predicted octanol–water partition coefficient (Wildman–Crippen LogP) is 3.99. The van der Waals surface area contributed by atoms with Crippen molar-refractivity contribution >= 4 is 33.2 Å². The van der Waals surface area contributed by atoms with Crippen molar-refractivity contribution in [2.45, 2.75) is 45.6 Å². The summed E-state index contributed by atoms with van der Waals surface area (Å²) in [5.41, 5.74) is 0.814. The monoisotopic (exact) mass is 516 g/mol. The molecule has 1 heterocycles. The van der Waals surface area contributed by atoms with Gasteiger partial charge in [0, 0.05) is 12.7 Å². The van der Waals surface area contributed by atoms with Crippen LogP contribution >= 0.6 is 0 Å². The maximum absolute atomic E-state index is 13.6. The number of carbonyl (C=O) groups excluding carboxylic acids is 3. The Bertz CT molecular complexity index is 1260. The minimum absolute atomic E-state index is 0.0587. The molecule has 2 aromatic carbocycles. The normalized spacial score (nSPS) is 13.9. The number of hydrogen-bond donors (Lipinski definition) is 1. The molecule has 0 radical (unpaired) electrons. The Morgan fingerprint density at radius 3 is 2.44 bits per heavy atom. The highest BCUT2D eigenvalue weighted by atomic mass is 32.2. The van der Waals surface area contributed by atoms with E-state index in [9.17, 15) is 22.8 Å². The highest BCUT2D eigenvalue weighted by molar-refractivity contribution is 7.90. The van der Waals surface area contributed by atoms with Crippen LogP contribution in [0.3, 0.4) is 0 Å². The third-order valence-electron chi connectivity index (χ3n) is 5.87. The number of imide groups is 1. The summed E-state index contributed by atoms with van der Waals surface area (Å²) in [6.07, 6.45) is 3.93. The zero-order valence-electron chi connectivity index (χ0n) is 21.0. The van der Waals surface area contributed by atoms with Crippen molar-refractivity contribution in [3.63, 3.8) is 0 Å². The number of methoxy groups -OCH3 is 1. The molecule has 3 rings (SSSR count). The number of nitrogens with zero attached hydrogens (tertiary/aromatic N) is 1. The molecule has 0 saturated heterocycles. The van der Waals surface area contributed by atoms with E-state index in [2.05, 4.69) is 5.32 Å². The van der Waals surface area contributed by atoms with Crippen molar-refractivity contribution in [3.05, 3.63) is 53.1 Å². The second-order valence-corrected chi connectivity index (χ2v) is 10.9. The van der Waals surface area contributed by atoms with Crippen molar-refractivity contribution in [1.82, 2.24) is 4.90 Å². The van der Waals surface area contributed by atoms with Crippen LogP contribution in [0.5, 0.6) is 11.5 Å². The summed E-state index contributed by atoms with van der Waals surface area (Å²) in [5.74, 6) is -1.21. The van der Waals surface area contributed by atoms with E-state index in [0.29, 0.717) is 36.5 Å². The van der Waals surface area contributed by atoms with E-state index in [1.54, 1.807) is 37.3 Å². The molecule has 3 amide bonds. The number of hydrogen-bond acceptors (Lipinski definition) is 7. The average Bonchev–Trinajstić information content (AvgIpc) is 3.08. The maximum atomic E-state index is 13.6. The number of nitrogens with one attached hydrogen (secondary N) is 1. The van der Waals surface area contributed by atoms with Crippen LogP contribution in [0, 0.1) is 0 Å². The van der Waals surface area contributed by atoms with Crippen molar-refractivity contribution in [1.29, 1.82) is 0 Å². The number of sulfone groups is 1. The van der Waals surface area contributed by atoms with E-state index >= 15 is 0 Å². The molecule has 10 heteroatoms. The lowest BCUT2D eigenvalue weighted by Crippen LogP contribution is -2.37. The van der Waals surface area contributed by atoms with E-state index in [-0.39, 0.29) is 22.7 Å². The Hall–Kier alpha value is -3.40. The summed E-state index contributed by atoms with van der Waals surface area (Å²) in [5, 5.41) is 2.75. The van der Waals surface area contributed by atoms with Crippen LogP contribution in [0.15, 0.2) is 36.4 Å². The quantitative estimate of drug-likeness (QED) is 0.335. The van der Waals surface area contributed by atoms with Gasteiger partial charge in [-0.3, -0.25) is 19.3 Å². The molecule has 194 valence electrons. The molecule has 0 fully saturated rings. The van der Waals surface area contributed by atoms with Gasteiger partial charge in [0.1, 0.15) is 9.84 Å². The fourth-order valence-corrected chi connectivity index (χ4v) is 5.13. The van der Waals surface area contributed by atoms with Gasteiger partial charge in [-0.2, -0.15) is 0 Å². The van der Waals surface area contributed by atoms with E-state index in [0.717, 1.165) is 24.0 Å². The van der Waals surface area contributed by atoms with Gasteiger partial charge in [-0.25, -0.2) is 8.42 Å². The summed E-state index contributed by atoms with van der Waals surface area (Å²) in [6.45, 7) is 4.17. The van der Waals surface area contributed by atoms with Crippen LogP contribution in [0.4, 0.5) is 5.69 Å². The molecule has 0 bridgehead atoms. The molecule has 1 aliphatic rings. The van der Waals surface area contributed by atoms with Gasteiger partial charge in [0.2, 0.25) is 5.91 Å². The molecule has 0 spiro atoms. The van der Waals surface area contributed by atoms with Gasteiger partial charge < -0.3 is 14.8 Å². The Morgan fingerprint density at radius 1 is 1.06 bits per heavy atom. The van der Waals surface area contributed by atoms with Gasteiger partial charge in [-0.1, -0.05) is 31.9 Å². The van der Waals surface area contributed by atoms with Crippen LogP contribution < -0.4 is 14.8 Å². The van der Waals surface area contributed by atoms with Crippen molar-refractivity contribution < 1.29 is 32.3 Å². The number of carbonyl (C=O) groups is 3. The molecular formula is C26H32N2O7S. The van der Waals surface area contributed by atoms with E-state index in [1.807, 2.05) is 6.92 Å². The number of amides is 3. The van der Waals surface area contributed by atoms with Crippen molar-refractivity contribution in [3.8, 4) is 11.5 Å². The van der Waals surface area contributed by atoms with Gasteiger partial charge >= 0.3 is 0 Å². The van der Waals surface area contributed by atoms with Gasteiger partial charge in [0.05, 0.1) is 42.3 Å². The number of anilines is 1. The Balaban J connectivity index is 2.02. The summed E-state index contributed by atoms with van der Waals surface area (Å²) < 4.78 is 35.7. The first kappa shape index (κ1) is 27.2. The van der Waals surface area contributed by atoms with Gasteiger partial charge in [0.25, 0.3) is 11.8 Å². The van der Waals surface area contributed by atoms with E-state index in [4.69, 9.17) is 9.47 Å². The Morgan fingerprint density at radius 2 is 1.81 bits per heavy atom. The minimum Gasteiger partial charge on any atom is -0.493 e. The average molecular weight is 517 g/mol. The van der Waals surface area contributed by atoms with Gasteiger partial charge in [-0.05, 0) is 43.2 Å². The molecule has 9 nitrogen and oxygen atoms in total. The highest BCUT2D eigenvalue weighted by Crippen LogP contribution is 2.38. The summed E-state index contributed by atoms with van der Waals surface area (Å²) >= 11 is 0. The SMILES string of the molecule is CCCCCC(=O)Nc1cccc2c1C(=O)N([C@H](CS(C)(=O)=O)c1ccc(OC)c(OCC)c1)C2=O. The Labute approximate surface area is 211 Å². The molecule has 1 aliphatic heterocycles. The molecular weight excluding hydrogens is 484 g/mol. The summed E-state index contributed by atoms with van der Waals surface area (Å²) in [4.78, 5) is 40.4. The molecule has 2 aromatic rings. The standard InChI is InChI=1S/C26H32N2O7S/c1-5-7-8-12-23(29)27-19-11-9-10-18-24(19)26(31)28(25(18)30)20(16-36(4,32)33)17-13-14-21(34-3)22(15-17)35-6-2/h9-11,13-15,20H,5-8,12,16H2,1-4H3,(H,27,29)/t20-/m1/s1. The largest absolute Gasteiger partial charge is 0.493 e. The van der Waals surface area contributed by atoms with Crippen LogP contribution in [0.2, 0.25) is 0 Å². The second kappa shape index (κ2) is 11.6. The topological polar surface area (TPSA) is 119 Å². The van der Waals surface area contributed by atoms with Crippen LogP contribution in [0.1, 0.15) is 71.9 Å². The first-order valence-corrected chi connectivity index (χ1v) is 14.0. The zero-order chi connectivity index (χ0) is 26.5. The van der Waals surface area contributed by atoms with E-state index in [1.165, 1.54) is 13.2 Å². The van der Waals surface area contributed by atoms with Gasteiger partial charge in [0.15, 0.2) is 11.5 Å². The lowest BCUT2D eigenvalue weighted by molar-refractivity contribution is -0.116. The second-order valence-electron chi connectivity index (χ2n) is 8.67. The molecule has 1 atom stereocenters. The maximum Gasteiger partial charge on any atom is 0.264 e. The molecule has 0 saturated carbocycles. The Kier molecular flexibility index (Phi) is 8.73. The lowest BCUT2D eigenvalue weighted by atomic mass is 10.1. The van der Waals surface area contributed by atoms with Gasteiger partial charge in [-0.15, -0.1) is 0 Å². The highest BCUT2D eigenvalue weighted by Gasteiger charge is 2.43. The minimum atomic E-state index is -3.61. The molecule has 1 N–H and O–H groups in total. The summed E-state index contributed by atoms with van der Waals surface area (Å²) in [7, 11) is -2.13. The first-order valence-electron chi connectivity index (χ1n) is 11.9. The molecule has 36 heavy (non-hydrogen) atoms. The first-order chi connectivity index (χ1) is 17.1. The van der Waals surface area contributed by atoms with Crippen LogP contribution in [-0.4, -0.2) is 56.8 Å². The van der Waals surface area contributed by atoms with E-state index < -0.39 is 33.4 Å². The smallest absolute Gasteiger partial charge is 0.264 e. The molecule has 0 aromatic heterocycles. The van der Waals surface area contributed by atoms with Crippen molar-refractivity contribution in [2.24, 2.45) is 0 Å². The predicted molar refractivity (Wildman–Crippen MR) is 136 cm³/mol. The summed E-state index contributed by atoms with van der Waals surface area (Å²) in [6, 6.07) is 8.34. The molecule has 0 aliphatic carbocycles. The van der Waals surface area contributed by atoms with Crippen LogP contribution in [-0.2, 0) is 14.6 Å². The van der Waals surface area contributed by atoms with Crippen molar-refractivity contribution in [2.75, 3.05) is 31.0 Å². The third-order valence-corrected chi connectivity index (χ3v) is 6.79. The molecule has 0 unspecified atom stereocenters. The number of rotatable bonds is 12. The number of benzene rings is 2. The lowest BCUT2D eigenvalue weighted by Gasteiger charge is -2.27. The fraction of sp³-hybridized carbons (Fsp3) is 0.423. The third kappa shape index (κ3) is 6.04. The number of unbranched alkanes of at least 4 members (excludes halogenated alkanes) is 2. The fourth-order valence-electron chi connectivity index (χ4n) is 4.21. The zero-order valence-corrected chi connectivity index (χ0v) is 21.8. The number of ether oxygens (including phenoxy) is 2. The van der Waals surface area contributed by atoms with Crippen LogP contribution in [0.25, 0.3) is 0 Å².